The fourth-order valence-corrected chi connectivity index (χ4v) is 3.62. The van der Waals surface area contributed by atoms with Crippen molar-refractivity contribution in [2.75, 3.05) is 18.6 Å². The Morgan fingerprint density at radius 1 is 1.38 bits per heavy atom. The molecule has 0 aliphatic rings. The fraction of sp³-hybridized carbons (Fsp3) is 0.692. The van der Waals surface area contributed by atoms with Crippen LogP contribution < -0.4 is 5.32 Å². The summed E-state index contributed by atoms with van der Waals surface area (Å²) in [6.07, 6.45) is 2.17. The topological polar surface area (TPSA) is 12.0 Å². The first-order valence-corrected chi connectivity index (χ1v) is 8.04. The standard InChI is InChI=1S/C13H23NS2/c1-9(8-15-5)7-14-11(3)13-6-10(2)16-12(13)4/h6,9,11,14H,7-8H2,1-5H3. The fourth-order valence-electron chi connectivity index (χ4n) is 1.91. The lowest BCUT2D eigenvalue weighted by Crippen LogP contribution is -2.25. The Labute approximate surface area is 108 Å². The van der Waals surface area contributed by atoms with Crippen molar-refractivity contribution in [3.8, 4) is 0 Å². The number of hydrogen-bond acceptors (Lipinski definition) is 3. The molecular weight excluding hydrogens is 234 g/mol. The minimum Gasteiger partial charge on any atom is -0.310 e. The minimum atomic E-state index is 0.481. The number of rotatable bonds is 6. The molecule has 0 aromatic carbocycles. The highest BCUT2D eigenvalue weighted by Crippen LogP contribution is 2.26. The molecule has 3 heteroatoms. The van der Waals surface area contributed by atoms with E-state index in [1.165, 1.54) is 21.1 Å². The van der Waals surface area contributed by atoms with Crippen LogP contribution in [0.5, 0.6) is 0 Å². The zero-order chi connectivity index (χ0) is 12.1. The van der Waals surface area contributed by atoms with Gasteiger partial charge in [0.2, 0.25) is 0 Å². The molecule has 0 bridgehead atoms. The maximum absolute atomic E-state index is 3.63. The second-order valence-electron chi connectivity index (χ2n) is 4.56. The van der Waals surface area contributed by atoms with E-state index in [4.69, 9.17) is 0 Å². The summed E-state index contributed by atoms with van der Waals surface area (Å²) < 4.78 is 0. The quantitative estimate of drug-likeness (QED) is 0.826. The highest BCUT2D eigenvalue weighted by atomic mass is 32.2. The van der Waals surface area contributed by atoms with E-state index in [1.54, 1.807) is 0 Å². The first kappa shape index (κ1) is 14.1. The Kier molecular flexibility index (Phi) is 5.87. The molecule has 0 aliphatic heterocycles. The van der Waals surface area contributed by atoms with Crippen LogP contribution in [0, 0.1) is 19.8 Å². The number of nitrogens with one attached hydrogen (secondary N) is 1. The van der Waals surface area contributed by atoms with E-state index in [0.29, 0.717) is 6.04 Å². The van der Waals surface area contributed by atoms with Gasteiger partial charge in [-0.3, -0.25) is 0 Å². The average molecular weight is 257 g/mol. The molecule has 1 heterocycles. The largest absolute Gasteiger partial charge is 0.310 e. The van der Waals surface area contributed by atoms with E-state index < -0.39 is 0 Å². The van der Waals surface area contributed by atoms with Crippen LogP contribution in [-0.4, -0.2) is 18.6 Å². The van der Waals surface area contributed by atoms with Gasteiger partial charge in [0.15, 0.2) is 0 Å². The Bertz CT molecular complexity index is 320. The van der Waals surface area contributed by atoms with Gasteiger partial charge in [0.1, 0.15) is 0 Å². The third-order valence-electron chi connectivity index (χ3n) is 2.77. The van der Waals surface area contributed by atoms with Gasteiger partial charge >= 0.3 is 0 Å². The Morgan fingerprint density at radius 2 is 2.06 bits per heavy atom. The molecule has 16 heavy (non-hydrogen) atoms. The Balaban J connectivity index is 2.46. The molecule has 0 aliphatic carbocycles. The summed E-state index contributed by atoms with van der Waals surface area (Å²) >= 11 is 3.82. The lowest BCUT2D eigenvalue weighted by Gasteiger charge is -2.17. The van der Waals surface area contributed by atoms with E-state index in [9.17, 15) is 0 Å². The van der Waals surface area contributed by atoms with Crippen LogP contribution in [0.1, 0.15) is 35.2 Å². The molecule has 1 N–H and O–H groups in total. The molecule has 0 saturated carbocycles. The number of thioether (sulfide) groups is 1. The zero-order valence-electron chi connectivity index (χ0n) is 11.0. The van der Waals surface area contributed by atoms with Crippen molar-refractivity contribution >= 4 is 23.1 Å². The Hall–Kier alpha value is 0.01000. The van der Waals surface area contributed by atoms with Crippen LogP contribution in [0.25, 0.3) is 0 Å². The molecule has 0 radical (unpaired) electrons. The van der Waals surface area contributed by atoms with Crippen molar-refractivity contribution < 1.29 is 0 Å². The van der Waals surface area contributed by atoms with Crippen LogP contribution in [0.3, 0.4) is 0 Å². The van der Waals surface area contributed by atoms with Gasteiger partial charge in [-0.15, -0.1) is 11.3 Å². The van der Waals surface area contributed by atoms with Crippen LogP contribution in [0.4, 0.5) is 0 Å². The van der Waals surface area contributed by atoms with Crippen molar-refractivity contribution in [2.45, 2.75) is 33.7 Å². The van der Waals surface area contributed by atoms with Crippen LogP contribution in [0.15, 0.2) is 6.07 Å². The summed E-state index contributed by atoms with van der Waals surface area (Å²) in [4.78, 5) is 2.87. The predicted molar refractivity (Wildman–Crippen MR) is 77.8 cm³/mol. The van der Waals surface area contributed by atoms with Gasteiger partial charge in [0.05, 0.1) is 0 Å². The third kappa shape index (κ3) is 4.11. The van der Waals surface area contributed by atoms with E-state index in [-0.39, 0.29) is 0 Å². The van der Waals surface area contributed by atoms with Gasteiger partial charge in [-0.25, -0.2) is 0 Å². The maximum Gasteiger partial charge on any atom is 0.0302 e. The summed E-state index contributed by atoms with van der Waals surface area (Å²) in [5.41, 5.74) is 1.47. The van der Waals surface area contributed by atoms with Crippen molar-refractivity contribution in [3.05, 3.63) is 21.4 Å². The molecule has 1 aromatic rings. The monoisotopic (exact) mass is 257 g/mol. The molecule has 1 aromatic heterocycles. The van der Waals surface area contributed by atoms with Crippen LogP contribution in [-0.2, 0) is 0 Å². The normalized spacial score (nSPS) is 15.1. The number of aryl methyl sites for hydroxylation is 2. The molecule has 1 nitrogen and oxygen atoms in total. The SMILES string of the molecule is CSCC(C)CNC(C)c1cc(C)sc1C. The maximum atomic E-state index is 3.63. The molecule has 0 spiro atoms. The summed E-state index contributed by atoms with van der Waals surface area (Å²) in [6, 6.07) is 2.80. The molecular formula is C13H23NS2. The number of thiophene rings is 1. The highest BCUT2D eigenvalue weighted by Gasteiger charge is 2.11. The molecule has 2 unspecified atom stereocenters. The molecule has 0 fully saturated rings. The third-order valence-corrected chi connectivity index (χ3v) is 4.65. The molecule has 0 amide bonds. The lowest BCUT2D eigenvalue weighted by atomic mass is 10.1. The molecule has 2 atom stereocenters. The lowest BCUT2D eigenvalue weighted by molar-refractivity contribution is 0.501. The molecule has 0 saturated heterocycles. The van der Waals surface area contributed by atoms with Gasteiger partial charge in [-0.2, -0.15) is 11.8 Å². The summed E-state index contributed by atoms with van der Waals surface area (Å²) in [7, 11) is 0. The van der Waals surface area contributed by atoms with Crippen molar-refractivity contribution in [1.29, 1.82) is 0 Å². The van der Waals surface area contributed by atoms with E-state index >= 15 is 0 Å². The Morgan fingerprint density at radius 3 is 2.56 bits per heavy atom. The average Bonchev–Trinajstić information content (AvgIpc) is 2.55. The second-order valence-corrected chi connectivity index (χ2v) is 6.93. The van der Waals surface area contributed by atoms with Crippen LogP contribution in [0.2, 0.25) is 0 Å². The second kappa shape index (κ2) is 6.67. The summed E-state index contributed by atoms with van der Waals surface area (Å²) in [6.45, 7) is 10.1. The first-order valence-electron chi connectivity index (χ1n) is 5.83. The smallest absolute Gasteiger partial charge is 0.0302 e. The summed E-state index contributed by atoms with van der Waals surface area (Å²) in [5.74, 6) is 1.99. The highest BCUT2D eigenvalue weighted by molar-refractivity contribution is 7.98. The first-order chi connectivity index (χ1) is 7.54. The van der Waals surface area contributed by atoms with Crippen molar-refractivity contribution in [1.82, 2.24) is 5.32 Å². The van der Waals surface area contributed by atoms with Crippen molar-refractivity contribution in [3.63, 3.8) is 0 Å². The molecule has 1 rings (SSSR count). The number of hydrogen-bond donors (Lipinski definition) is 1. The van der Waals surface area contributed by atoms with Gasteiger partial charge in [-0.1, -0.05) is 6.92 Å². The molecule has 92 valence electrons. The van der Waals surface area contributed by atoms with Gasteiger partial charge < -0.3 is 5.32 Å². The zero-order valence-corrected chi connectivity index (χ0v) is 12.6. The van der Waals surface area contributed by atoms with E-state index in [2.05, 4.69) is 45.3 Å². The minimum absolute atomic E-state index is 0.481. The van der Waals surface area contributed by atoms with Gasteiger partial charge in [-0.05, 0) is 56.9 Å². The van der Waals surface area contributed by atoms with Gasteiger partial charge in [0.25, 0.3) is 0 Å². The van der Waals surface area contributed by atoms with Crippen LogP contribution >= 0.6 is 23.1 Å². The van der Waals surface area contributed by atoms with E-state index in [1.807, 2.05) is 23.1 Å². The van der Waals surface area contributed by atoms with Gasteiger partial charge in [0, 0.05) is 15.8 Å². The van der Waals surface area contributed by atoms with Crippen molar-refractivity contribution in [2.24, 2.45) is 5.92 Å². The summed E-state index contributed by atoms with van der Waals surface area (Å²) in [5, 5.41) is 3.63. The predicted octanol–water partition coefficient (Wildman–Crippen LogP) is 4.01. The van der Waals surface area contributed by atoms with E-state index in [0.717, 1.165) is 12.5 Å².